The van der Waals surface area contributed by atoms with E-state index >= 15 is 0 Å². The number of rotatable bonds is 4. The van der Waals surface area contributed by atoms with E-state index in [0.717, 1.165) is 23.6 Å². The molecule has 1 aliphatic carbocycles. The minimum absolute atomic E-state index is 0.314. The van der Waals surface area contributed by atoms with Gasteiger partial charge in [-0.05, 0) is 42.7 Å². The summed E-state index contributed by atoms with van der Waals surface area (Å²) in [6, 6.07) is 4.08. The van der Waals surface area contributed by atoms with Gasteiger partial charge in [0.05, 0.1) is 0 Å². The molecule has 1 heterocycles. The van der Waals surface area contributed by atoms with Crippen LogP contribution in [0, 0.1) is 5.92 Å². The van der Waals surface area contributed by atoms with Crippen molar-refractivity contribution in [3.63, 3.8) is 0 Å². The minimum Gasteiger partial charge on any atom is -0.474 e. The lowest BCUT2D eigenvalue weighted by atomic mass is 9.88. The van der Waals surface area contributed by atoms with E-state index in [0.29, 0.717) is 24.5 Å². The number of hydrogen-bond acceptors (Lipinski definition) is 3. The van der Waals surface area contributed by atoms with E-state index in [2.05, 4.69) is 31.8 Å². The topological polar surface area (TPSA) is 48.1 Å². The van der Waals surface area contributed by atoms with E-state index in [9.17, 15) is 0 Å². The summed E-state index contributed by atoms with van der Waals surface area (Å²) in [5.74, 6) is 1.78. The van der Waals surface area contributed by atoms with Gasteiger partial charge in [-0.15, -0.1) is 0 Å². The molecule has 0 aromatic carbocycles. The van der Waals surface area contributed by atoms with Crippen LogP contribution in [0.2, 0.25) is 0 Å². The number of aromatic nitrogens is 1. The molecule has 1 aromatic heterocycles. The molecule has 0 bridgehead atoms. The summed E-state index contributed by atoms with van der Waals surface area (Å²) in [6.45, 7) is 7.12. The Morgan fingerprint density at radius 2 is 2.05 bits per heavy atom. The highest BCUT2D eigenvalue weighted by molar-refractivity contribution is 5.26. The summed E-state index contributed by atoms with van der Waals surface area (Å²) < 4.78 is 6.13. The summed E-state index contributed by atoms with van der Waals surface area (Å²) in [4.78, 5) is 4.63. The van der Waals surface area contributed by atoms with Gasteiger partial charge in [-0.3, -0.25) is 0 Å². The Balaban J connectivity index is 2.16. The predicted octanol–water partition coefficient (Wildman–Crippen LogP) is 3.62. The van der Waals surface area contributed by atoms with Crippen molar-refractivity contribution in [2.24, 2.45) is 11.7 Å². The third-order valence-electron chi connectivity index (χ3n) is 4.01. The van der Waals surface area contributed by atoms with Gasteiger partial charge in [0.15, 0.2) is 0 Å². The lowest BCUT2D eigenvalue weighted by Gasteiger charge is -2.29. The number of nitrogens with zero attached hydrogens (tertiary/aromatic N) is 1. The Hall–Kier alpha value is -1.09. The van der Waals surface area contributed by atoms with Crippen LogP contribution in [-0.4, -0.2) is 11.1 Å². The maximum Gasteiger partial charge on any atom is 0.214 e. The first-order valence-corrected chi connectivity index (χ1v) is 7.47. The molecule has 19 heavy (non-hydrogen) atoms. The minimum atomic E-state index is 0.314. The second-order valence-corrected chi connectivity index (χ2v) is 6.02. The molecule has 0 aliphatic heterocycles. The molecule has 1 aliphatic rings. The van der Waals surface area contributed by atoms with Crippen molar-refractivity contribution in [2.45, 2.75) is 65.0 Å². The zero-order chi connectivity index (χ0) is 13.8. The fourth-order valence-electron chi connectivity index (χ4n) is 2.67. The summed E-state index contributed by atoms with van der Waals surface area (Å²) >= 11 is 0. The number of pyridine rings is 1. The van der Waals surface area contributed by atoms with Gasteiger partial charge in [0.2, 0.25) is 5.88 Å². The average Bonchev–Trinajstić information content (AvgIpc) is 2.41. The Kier molecular flexibility index (Phi) is 4.81. The van der Waals surface area contributed by atoms with Crippen molar-refractivity contribution in [1.29, 1.82) is 0 Å². The average molecular weight is 262 g/mol. The highest BCUT2D eigenvalue weighted by Gasteiger charge is 2.23. The zero-order valence-corrected chi connectivity index (χ0v) is 12.4. The van der Waals surface area contributed by atoms with Gasteiger partial charge in [0.1, 0.15) is 6.10 Å². The molecule has 0 saturated heterocycles. The second-order valence-electron chi connectivity index (χ2n) is 6.02. The number of ether oxygens (including phenoxy) is 1. The lowest BCUT2D eigenvalue weighted by Crippen LogP contribution is -2.28. The highest BCUT2D eigenvalue weighted by atomic mass is 16.5. The van der Waals surface area contributed by atoms with Crippen LogP contribution in [0.5, 0.6) is 5.88 Å². The van der Waals surface area contributed by atoms with E-state index < -0.39 is 0 Å². The second kappa shape index (κ2) is 6.38. The largest absolute Gasteiger partial charge is 0.474 e. The normalized spacial score (nSPS) is 23.6. The molecule has 2 atom stereocenters. The molecule has 0 spiro atoms. The van der Waals surface area contributed by atoms with Gasteiger partial charge < -0.3 is 10.5 Å². The van der Waals surface area contributed by atoms with Crippen LogP contribution in [0.1, 0.15) is 63.6 Å². The van der Waals surface area contributed by atoms with Gasteiger partial charge >= 0.3 is 0 Å². The Morgan fingerprint density at radius 3 is 2.68 bits per heavy atom. The van der Waals surface area contributed by atoms with Crippen LogP contribution >= 0.6 is 0 Å². The van der Waals surface area contributed by atoms with Crippen LogP contribution in [0.25, 0.3) is 0 Å². The molecular weight excluding hydrogens is 236 g/mol. The SMILES string of the molecule is CC(C)c1cc(CN)cc(OC2CCCCC2C)n1. The van der Waals surface area contributed by atoms with Crippen LogP contribution in [-0.2, 0) is 6.54 Å². The fraction of sp³-hybridized carbons (Fsp3) is 0.688. The standard InChI is InChI=1S/C16H26N2O/c1-11(2)14-8-13(10-17)9-16(18-14)19-15-7-5-4-6-12(15)3/h8-9,11-12,15H,4-7,10,17H2,1-3H3. The predicted molar refractivity (Wildman–Crippen MR) is 78.3 cm³/mol. The molecule has 1 aromatic rings. The number of hydrogen-bond donors (Lipinski definition) is 1. The van der Waals surface area contributed by atoms with Gasteiger partial charge in [0, 0.05) is 18.3 Å². The van der Waals surface area contributed by atoms with Crippen molar-refractivity contribution in [3.8, 4) is 5.88 Å². The molecule has 3 heteroatoms. The highest BCUT2D eigenvalue weighted by Crippen LogP contribution is 2.28. The fourth-order valence-corrected chi connectivity index (χ4v) is 2.67. The van der Waals surface area contributed by atoms with Crippen molar-refractivity contribution in [1.82, 2.24) is 4.98 Å². The van der Waals surface area contributed by atoms with E-state index in [4.69, 9.17) is 10.5 Å². The Morgan fingerprint density at radius 1 is 1.32 bits per heavy atom. The van der Waals surface area contributed by atoms with Crippen LogP contribution in [0.15, 0.2) is 12.1 Å². The molecule has 3 nitrogen and oxygen atoms in total. The molecule has 0 radical (unpaired) electrons. The Labute approximate surface area is 116 Å². The molecular formula is C16H26N2O. The molecule has 1 saturated carbocycles. The third kappa shape index (κ3) is 3.69. The van der Waals surface area contributed by atoms with E-state index in [1.54, 1.807) is 0 Å². The quantitative estimate of drug-likeness (QED) is 0.901. The maximum absolute atomic E-state index is 6.13. The molecule has 0 amide bonds. The van der Waals surface area contributed by atoms with E-state index in [1.807, 2.05) is 6.07 Å². The summed E-state index contributed by atoms with van der Waals surface area (Å²) in [5.41, 5.74) is 7.94. The van der Waals surface area contributed by atoms with Gasteiger partial charge in [-0.1, -0.05) is 27.2 Å². The van der Waals surface area contributed by atoms with E-state index in [1.165, 1.54) is 19.3 Å². The first kappa shape index (κ1) is 14.3. The number of nitrogens with two attached hydrogens (primary N) is 1. The molecule has 1 fully saturated rings. The monoisotopic (exact) mass is 262 g/mol. The summed E-state index contributed by atoms with van der Waals surface area (Å²) in [7, 11) is 0. The van der Waals surface area contributed by atoms with Gasteiger partial charge in [0.25, 0.3) is 0 Å². The molecule has 2 rings (SSSR count). The van der Waals surface area contributed by atoms with Crippen molar-refractivity contribution >= 4 is 0 Å². The first-order chi connectivity index (χ1) is 9.10. The maximum atomic E-state index is 6.13. The molecule has 2 N–H and O–H groups in total. The van der Waals surface area contributed by atoms with Gasteiger partial charge in [-0.2, -0.15) is 0 Å². The lowest BCUT2D eigenvalue weighted by molar-refractivity contribution is 0.0972. The first-order valence-electron chi connectivity index (χ1n) is 7.47. The zero-order valence-electron chi connectivity index (χ0n) is 12.4. The van der Waals surface area contributed by atoms with Crippen LogP contribution < -0.4 is 10.5 Å². The van der Waals surface area contributed by atoms with Crippen LogP contribution in [0.3, 0.4) is 0 Å². The van der Waals surface area contributed by atoms with Gasteiger partial charge in [-0.25, -0.2) is 4.98 Å². The molecule has 2 unspecified atom stereocenters. The smallest absolute Gasteiger partial charge is 0.214 e. The Bertz CT molecular complexity index is 417. The summed E-state index contributed by atoms with van der Waals surface area (Å²) in [6.07, 6.45) is 5.32. The summed E-state index contributed by atoms with van der Waals surface area (Å²) in [5, 5.41) is 0. The third-order valence-corrected chi connectivity index (χ3v) is 4.01. The van der Waals surface area contributed by atoms with Crippen molar-refractivity contribution in [3.05, 3.63) is 23.4 Å². The van der Waals surface area contributed by atoms with Crippen LogP contribution in [0.4, 0.5) is 0 Å². The molecule has 106 valence electrons. The van der Waals surface area contributed by atoms with Crippen molar-refractivity contribution < 1.29 is 4.74 Å². The van der Waals surface area contributed by atoms with Crippen molar-refractivity contribution in [2.75, 3.05) is 0 Å². The van der Waals surface area contributed by atoms with E-state index in [-0.39, 0.29) is 0 Å².